The molecule has 102 valence electrons. The predicted molar refractivity (Wildman–Crippen MR) is 70.9 cm³/mol. The number of rotatable bonds is 2. The zero-order valence-corrected chi connectivity index (χ0v) is 10.8. The van der Waals surface area contributed by atoms with Gasteiger partial charge in [-0.1, -0.05) is 0 Å². The second-order valence-corrected chi connectivity index (χ2v) is 4.35. The molecule has 0 aliphatic carbocycles. The Balaban J connectivity index is 2.16. The van der Waals surface area contributed by atoms with Crippen LogP contribution in [0.25, 0.3) is 0 Å². The maximum absolute atomic E-state index is 12.3. The van der Waals surface area contributed by atoms with E-state index in [1.165, 1.54) is 0 Å². The highest BCUT2D eigenvalue weighted by molar-refractivity contribution is 5.99. The number of hydrogen-bond donors (Lipinski definition) is 2. The van der Waals surface area contributed by atoms with Crippen molar-refractivity contribution >= 4 is 17.5 Å². The SMILES string of the molecule is COc1ccc(C(=O)N2CCNC(=O)CC2)c(N)c1. The van der Waals surface area contributed by atoms with Crippen molar-refractivity contribution < 1.29 is 14.3 Å². The molecule has 1 aliphatic heterocycles. The Morgan fingerprint density at radius 1 is 1.42 bits per heavy atom. The Hall–Kier alpha value is -2.24. The highest BCUT2D eigenvalue weighted by Gasteiger charge is 2.21. The third-order valence-corrected chi connectivity index (χ3v) is 3.09. The Labute approximate surface area is 111 Å². The summed E-state index contributed by atoms with van der Waals surface area (Å²) in [5, 5.41) is 2.73. The van der Waals surface area contributed by atoms with E-state index >= 15 is 0 Å². The lowest BCUT2D eigenvalue weighted by molar-refractivity contribution is -0.120. The number of methoxy groups -OCH3 is 1. The third-order valence-electron chi connectivity index (χ3n) is 3.09. The predicted octanol–water partition coefficient (Wildman–Crippen LogP) is 0.240. The molecule has 3 N–H and O–H groups in total. The molecule has 1 saturated heterocycles. The van der Waals surface area contributed by atoms with Gasteiger partial charge in [0.1, 0.15) is 5.75 Å². The Morgan fingerprint density at radius 2 is 2.21 bits per heavy atom. The van der Waals surface area contributed by atoms with Gasteiger partial charge in [-0.25, -0.2) is 0 Å². The molecular weight excluding hydrogens is 246 g/mol. The minimum atomic E-state index is -0.156. The van der Waals surface area contributed by atoms with E-state index in [-0.39, 0.29) is 11.8 Å². The van der Waals surface area contributed by atoms with Gasteiger partial charge in [-0.05, 0) is 12.1 Å². The second-order valence-electron chi connectivity index (χ2n) is 4.35. The number of benzene rings is 1. The van der Waals surface area contributed by atoms with E-state index in [1.807, 2.05) is 0 Å². The van der Waals surface area contributed by atoms with Crippen molar-refractivity contribution in [1.82, 2.24) is 10.2 Å². The molecule has 1 fully saturated rings. The lowest BCUT2D eigenvalue weighted by atomic mass is 10.1. The molecule has 1 heterocycles. The van der Waals surface area contributed by atoms with E-state index in [4.69, 9.17) is 10.5 Å². The first-order valence-electron chi connectivity index (χ1n) is 6.11. The molecule has 6 nitrogen and oxygen atoms in total. The number of ether oxygens (including phenoxy) is 1. The molecule has 2 rings (SSSR count). The van der Waals surface area contributed by atoms with Gasteiger partial charge in [-0.2, -0.15) is 0 Å². The van der Waals surface area contributed by atoms with Crippen molar-refractivity contribution in [2.75, 3.05) is 32.5 Å². The molecule has 1 aromatic carbocycles. The Kier molecular flexibility index (Phi) is 3.89. The normalized spacial score (nSPS) is 15.6. The quantitative estimate of drug-likeness (QED) is 0.749. The maximum Gasteiger partial charge on any atom is 0.256 e. The molecule has 0 atom stereocenters. The van der Waals surface area contributed by atoms with E-state index in [9.17, 15) is 9.59 Å². The smallest absolute Gasteiger partial charge is 0.256 e. The number of hydrogen-bond acceptors (Lipinski definition) is 4. The first kappa shape index (κ1) is 13.2. The van der Waals surface area contributed by atoms with E-state index in [0.717, 1.165) is 0 Å². The Bertz CT molecular complexity index is 502. The number of nitrogens with zero attached hydrogens (tertiary/aromatic N) is 1. The molecular formula is C13H17N3O3. The molecule has 0 aromatic heterocycles. The van der Waals surface area contributed by atoms with Crippen molar-refractivity contribution in [2.24, 2.45) is 0 Å². The zero-order valence-electron chi connectivity index (χ0n) is 10.8. The van der Waals surface area contributed by atoms with Crippen LogP contribution in [0.2, 0.25) is 0 Å². The topological polar surface area (TPSA) is 84.7 Å². The Morgan fingerprint density at radius 3 is 2.89 bits per heavy atom. The van der Waals surface area contributed by atoms with Crippen molar-refractivity contribution in [1.29, 1.82) is 0 Å². The minimum absolute atomic E-state index is 0.0296. The van der Waals surface area contributed by atoms with Crippen molar-refractivity contribution in [3.63, 3.8) is 0 Å². The molecule has 2 amide bonds. The van der Waals surface area contributed by atoms with Crippen molar-refractivity contribution in [3.8, 4) is 5.75 Å². The molecule has 0 saturated carbocycles. The fourth-order valence-electron chi connectivity index (χ4n) is 2.00. The van der Waals surface area contributed by atoms with Gasteiger partial charge >= 0.3 is 0 Å². The second kappa shape index (κ2) is 5.60. The summed E-state index contributed by atoms with van der Waals surface area (Å²) in [6, 6.07) is 4.97. The molecule has 0 unspecified atom stereocenters. The van der Waals surface area contributed by atoms with Gasteiger partial charge in [0.05, 0.1) is 12.7 Å². The summed E-state index contributed by atoms with van der Waals surface area (Å²) in [5.74, 6) is 0.427. The summed E-state index contributed by atoms with van der Waals surface area (Å²) < 4.78 is 5.05. The molecule has 0 bridgehead atoms. The molecule has 1 aromatic rings. The van der Waals surface area contributed by atoms with Crippen molar-refractivity contribution in [3.05, 3.63) is 23.8 Å². The van der Waals surface area contributed by atoms with Crippen LogP contribution >= 0.6 is 0 Å². The zero-order chi connectivity index (χ0) is 13.8. The first-order chi connectivity index (χ1) is 9.11. The van der Waals surface area contributed by atoms with Crippen LogP contribution < -0.4 is 15.8 Å². The van der Waals surface area contributed by atoms with Crippen LogP contribution in [0.4, 0.5) is 5.69 Å². The number of nitrogen functional groups attached to an aromatic ring is 1. The van der Waals surface area contributed by atoms with Gasteiger partial charge in [0.2, 0.25) is 5.91 Å². The van der Waals surface area contributed by atoms with E-state index in [1.54, 1.807) is 30.2 Å². The number of anilines is 1. The number of nitrogens with one attached hydrogen (secondary N) is 1. The standard InChI is InChI=1S/C13H17N3O3/c1-19-9-2-3-10(11(14)8-9)13(18)16-6-4-12(17)15-5-7-16/h2-3,8H,4-7,14H2,1H3,(H,15,17). The molecule has 1 aliphatic rings. The van der Waals surface area contributed by atoms with E-state index in [0.29, 0.717) is 43.1 Å². The summed E-state index contributed by atoms with van der Waals surface area (Å²) >= 11 is 0. The number of carbonyl (C=O) groups excluding carboxylic acids is 2. The fraction of sp³-hybridized carbons (Fsp3) is 0.385. The third kappa shape index (κ3) is 2.96. The lowest BCUT2D eigenvalue weighted by Gasteiger charge is -2.20. The van der Waals surface area contributed by atoms with Gasteiger partial charge in [0.15, 0.2) is 0 Å². The van der Waals surface area contributed by atoms with Crippen LogP contribution in [-0.4, -0.2) is 43.5 Å². The van der Waals surface area contributed by atoms with Gasteiger partial charge in [0.25, 0.3) is 5.91 Å². The van der Waals surface area contributed by atoms with Crippen LogP contribution in [0, 0.1) is 0 Å². The lowest BCUT2D eigenvalue weighted by Crippen LogP contribution is -2.34. The van der Waals surface area contributed by atoms with Crippen LogP contribution in [-0.2, 0) is 4.79 Å². The minimum Gasteiger partial charge on any atom is -0.497 e. The molecule has 0 radical (unpaired) electrons. The summed E-state index contributed by atoms with van der Waals surface area (Å²) in [6.07, 6.45) is 0.321. The molecule has 6 heteroatoms. The number of amides is 2. The summed E-state index contributed by atoms with van der Waals surface area (Å²) in [6.45, 7) is 1.38. The van der Waals surface area contributed by atoms with Crippen LogP contribution in [0.1, 0.15) is 16.8 Å². The molecule has 19 heavy (non-hydrogen) atoms. The highest BCUT2D eigenvalue weighted by atomic mass is 16.5. The van der Waals surface area contributed by atoms with Gasteiger partial charge in [-0.15, -0.1) is 0 Å². The van der Waals surface area contributed by atoms with Gasteiger partial charge < -0.3 is 20.7 Å². The average molecular weight is 263 g/mol. The average Bonchev–Trinajstić information content (AvgIpc) is 2.62. The van der Waals surface area contributed by atoms with Gasteiger partial charge in [0, 0.05) is 37.8 Å². The van der Waals surface area contributed by atoms with Gasteiger partial charge in [-0.3, -0.25) is 9.59 Å². The summed E-state index contributed by atoms with van der Waals surface area (Å²) in [7, 11) is 1.54. The fourth-order valence-corrected chi connectivity index (χ4v) is 2.00. The van der Waals surface area contributed by atoms with Crippen LogP contribution in [0.3, 0.4) is 0 Å². The van der Waals surface area contributed by atoms with Crippen LogP contribution in [0.5, 0.6) is 5.75 Å². The van der Waals surface area contributed by atoms with E-state index in [2.05, 4.69) is 5.32 Å². The van der Waals surface area contributed by atoms with Crippen molar-refractivity contribution in [2.45, 2.75) is 6.42 Å². The maximum atomic E-state index is 12.3. The first-order valence-corrected chi connectivity index (χ1v) is 6.11. The largest absolute Gasteiger partial charge is 0.497 e. The van der Waals surface area contributed by atoms with E-state index < -0.39 is 0 Å². The summed E-state index contributed by atoms with van der Waals surface area (Å²) in [5.41, 5.74) is 6.68. The molecule has 0 spiro atoms. The number of nitrogens with two attached hydrogens (primary N) is 1. The monoisotopic (exact) mass is 263 g/mol. The number of carbonyl (C=O) groups is 2. The summed E-state index contributed by atoms with van der Waals surface area (Å²) in [4.78, 5) is 25.2. The highest BCUT2D eigenvalue weighted by Crippen LogP contribution is 2.21. The van der Waals surface area contributed by atoms with Crippen LogP contribution in [0.15, 0.2) is 18.2 Å².